The average molecular weight is 312 g/mol. The van der Waals surface area contributed by atoms with Gasteiger partial charge in [-0.3, -0.25) is 0 Å². The Hall–Kier alpha value is -2.89. The molecule has 118 valence electrons. The number of hydrogen-bond donors (Lipinski definition) is 1. The van der Waals surface area contributed by atoms with Crippen LogP contribution in [0.3, 0.4) is 0 Å². The Morgan fingerprint density at radius 2 is 2.00 bits per heavy atom. The molecule has 0 saturated carbocycles. The first kappa shape index (κ1) is 15.0. The molecule has 0 amide bonds. The van der Waals surface area contributed by atoms with E-state index in [0.717, 1.165) is 17.1 Å². The zero-order valence-corrected chi connectivity index (χ0v) is 12.9. The summed E-state index contributed by atoms with van der Waals surface area (Å²) in [6.45, 7) is 0. The van der Waals surface area contributed by atoms with Crippen molar-refractivity contribution in [3.63, 3.8) is 0 Å². The molecule has 5 nitrogen and oxygen atoms in total. The molecule has 3 rings (SSSR count). The van der Waals surface area contributed by atoms with Gasteiger partial charge in [0.15, 0.2) is 0 Å². The summed E-state index contributed by atoms with van der Waals surface area (Å²) in [6.07, 6.45) is 3.58. The Balaban J connectivity index is 2.06. The maximum absolute atomic E-state index is 13.4. The molecule has 0 fully saturated rings. The topological polar surface area (TPSA) is 52.0 Å². The highest BCUT2D eigenvalue weighted by atomic mass is 19.1. The lowest BCUT2D eigenvalue weighted by atomic mass is 10.0. The minimum atomic E-state index is -0.534. The van der Waals surface area contributed by atoms with E-state index >= 15 is 0 Å². The summed E-state index contributed by atoms with van der Waals surface area (Å²) >= 11 is 0. The van der Waals surface area contributed by atoms with Crippen LogP contribution < -0.4 is 10.1 Å². The lowest BCUT2D eigenvalue weighted by Crippen LogP contribution is -2.18. The summed E-state index contributed by atoms with van der Waals surface area (Å²) in [7, 11) is 3.53. The van der Waals surface area contributed by atoms with E-state index in [1.807, 2.05) is 42.1 Å². The van der Waals surface area contributed by atoms with Gasteiger partial charge < -0.3 is 14.6 Å². The average Bonchev–Trinajstić information content (AvgIpc) is 2.98. The Morgan fingerprint density at radius 1 is 1.17 bits per heavy atom. The number of methoxy groups -OCH3 is 1. The van der Waals surface area contributed by atoms with Crippen molar-refractivity contribution >= 4 is 5.82 Å². The summed E-state index contributed by atoms with van der Waals surface area (Å²) in [5.74, 6) is 1.41. The number of ether oxygens (including phenoxy) is 1. The smallest absolute Gasteiger partial charge is 0.214 e. The van der Waals surface area contributed by atoms with Gasteiger partial charge in [-0.15, -0.1) is 0 Å². The second kappa shape index (κ2) is 6.48. The first-order chi connectivity index (χ1) is 11.2. The van der Waals surface area contributed by atoms with E-state index in [1.54, 1.807) is 25.4 Å². The van der Waals surface area contributed by atoms with Gasteiger partial charge in [0.05, 0.1) is 7.11 Å². The van der Waals surface area contributed by atoms with E-state index in [9.17, 15) is 4.39 Å². The predicted molar refractivity (Wildman–Crippen MR) is 85.9 cm³/mol. The summed E-state index contributed by atoms with van der Waals surface area (Å²) in [4.78, 5) is 8.29. The molecule has 0 saturated heterocycles. The molecule has 0 radical (unpaired) electrons. The van der Waals surface area contributed by atoms with E-state index < -0.39 is 5.95 Å². The van der Waals surface area contributed by atoms with Crippen LogP contribution in [0.15, 0.2) is 54.9 Å². The number of anilines is 1. The molecule has 2 heterocycles. The van der Waals surface area contributed by atoms with Crippen molar-refractivity contribution in [2.24, 2.45) is 7.05 Å². The number of halogens is 1. The van der Waals surface area contributed by atoms with E-state index in [1.165, 1.54) is 6.07 Å². The fourth-order valence-electron chi connectivity index (χ4n) is 2.48. The molecule has 0 aliphatic carbocycles. The van der Waals surface area contributed by atoms with Gasteiger partial charge in [-0.1, -0.05) is 24.3 Å². The van der Waals surface area contributed by atoms with Crippen molar-refractivity contribution in [2.45, 2.75) is 6.04 Å². The molecule has 1 aromatic carbocycles. The maximum atomic E-state index is 13.4. The third-order valence-corrected chi connectivity index (χ3v) is 3.57. The number of para-hydroxylation sites is 1. The van der Waals surface area contributed by atoms with E-state index in [4.69, 9.17) is 4.74 Å². The van der Waals surface area contributed by atoms with Crippen LogP contribution in [-0.2, 0) is 7.05 Å². The molecule has 6 heteroatoms. The van der Waals surface area contributed by atoms with Gasteiger partial charge in [-0.05, 0) is 18.2 Å². The molecule has 3 aromatic rings. The third-order valence-electron chi connectivity index (χ3n) is 3.57. The lowest BCUT2D eigenvalue weighted by molar-refractivity contribution is 0.408. The Morgan fingerprint density at radius 3 is 2.70 bits per heavy atom. The van der Waals surface area contributed by atoms with Crippen LogP contribution in [0.5, 0.6) is 5.75 Å². The summed E-state index contributed by atoms with van der Waals surface area (Å²) in [6, 6.07) is 12.0. The number of nitrogens with one attached hydrogen (secondary N) is 1. The minimum Gasteiger partial charge on any atom is -0.496 e. The van der Waals surface area contributed by atoms with Gasteiger partial charge in [-0.25, -0.2) is 9.97 Å². The van der Waals surface area contributed by atoms with E-state index in [-0.39, 0.29) is 6.04 Å². The zero-order chi connectivity index (χ0) is 16.2. The highest BCUT2D eigenvalue weighted by Gasteiger charge is 2.22. The van der Waals surface area contributed by atoms with Crippen LogP contribution in [-0.4, -0.2) is 21.6 Å². The summed E-state index contributed by atoms with van der Waals surface area (Å²) < 4.78 is 20.8. The first-order valence-electron chi connectivity index (χ1n) is 7.18. The van der Waals surface area contributed by atoms with Gasteiger partial charge >= 0.3 is 0 Å². The fraction of sp³-hybridized carbons (Fsp3) is 0.176. The Kier molecular flexibility index (Phi) is 4.23. The van der Waals surface area contributed by atoms with Crippen molar-refractivity contribution < 1.29 is 9.13 Å². The first-order valence-corrected chi connectivity index (χ1v) is 7.18. The number of benzene rings is 1. The molecule has 1 atom stereocenters. The number of nitrogens with zero attached hydrogens (tertiary/aromatic N) is 3. The normalized spacial score (nSPS) is 12.0. The van der Waals surface area contributed by atoms with Crippen LogP contribution in [0.4, 0.5) is 10.2 Å². The van der Waals surface area contributed by atoms with Gasteiger partial charge in [0.1, 0.15) is 23.4 Å². The van der Waals surface area contributed by atoms with Crippen LogP contribution in [0, 0.1) is 5.95 Å². The van der Waals surface area contributed by atoms with Crippen LogP contribution in [0.25, 0.3) is 0 Å². The van der Waals surface area contributed by atoms with Crippen molar-refractivity contribution in [1.29, 1.82) is 0 Å². The maximum Gasteiger partial charge on any atom is 0.214 e. The molecule has 1 unspecified atom stereocenters. The standard InChI is InChI=1S/C17H17FN4O/c1-22-11-10-19-17(22)16(12-6-3-4-7-13(12)23-2)21-15-9-5-8-14(18)20-15/h3-11,16H,1-2H3,(H,20,21). The molecule has 0 aliphatic heterocycles. The molecule has 0 bridgehead atoms. The highest BCUT2D eigenvalue weighted by molar-refractivity contribution is 5.46. The van der Waals surface area contributed by atoms with Crippen molar-refractivity contribution in [2.75, 3.05) is 12.4 Å². The molecule has 1 N–H and O–H groups in total. The number of hydrogen-bond acceptors (Lipinski definition) is 4. The molecule has 0 spiro atoms. The quantitative estimate of drug-likeness (QED) is 0.735. The Labute approximate surface area is 133 Å². The predicted octanol–water partition coefficient (Wildman–Crippen LogP) is 3.16. The van der Waals surface area contributed by atoms with Crippen molar-refractivity contribution in [3.8, 4) is 5.75 Å². The summed E-state index contributed by atoms with van der Waals surface area (Å²) in [5.41, 5.74) is 0.898. The summed E-state index contributed by atoms with van der Waals surface area (Å²) in [5, 5.41) is 3.24. The zero-order valence-electron chi connectivity index (χ0n) is 12.9. The molecule has 2 aromatic heterocycles. The van der Waals surface area contributed by atoms with Crippen molar-refractivity contribution in [1.82, 2.24) is 14.5 Å². The van der Waals surface area contributed by atoms with Crippen LogP contribution >= 0.6 is 0 Å². The third kappa shape index (κ3) is 3.15. The molecule has 23 heavy (non-hydrogen) atoms. The highest BCUT2D eigenvalue weighted by Crippen LogP contribution is 2.31. The number of pyridine rings is 1. The van der Waals surface area contributed by atoms with Gasteiger partial charge in [0.2, 0.25) is 5.95 Å². The van der Waals surface area contributed by atoms with Crippen LogP contribution in [0.2, 0.25) is 0 Å². The van der Waals surface area contributed by atoms with Gasteiger partial charge in [-0.2, -0.15) is 4.39 Å². The number of imidazole rings is 1. The van der Waals surface area contributed by atoms with Crippen LogP contribution in [0.1, 0.15) is 17.4 Å². The number of aromatic nitrogens is 3. The van der Waals surface area contributed by atoms with E-state index in [0.29, 0.717) is 5.82 Å². The fourth-order valence-corrected chi connectivity index (χ4v) is 2.48. The van der Waals surface area contributed by atoms with Crippen molar-refractivity contribution in [3.05, 3.63) is 72.2 Å². The van der Waals surface area contributed by atoms with E-state index in [2.05, 4.69) is 15.3 Å². The van der Waals surface area contributed by atoms with Gasteiger partial charge in [0.25, 0.3) is 0 Å². The second-order valence-corrected chi connectivity index (χ2v) is 5.06. The molecular formula is C17H17FN4O. The van der Waals surface area contributed by atoms with Gasteiger partial charge in [0, 0.05) is 25.0 Å². The monoisotopic (exact) mass is 312 g/mol. The SMILES string of the molecule is COc1ccccc1C(Nc1cccc(F)n1)c1nccn1C. The largest absolute Gasteiger partial charge is 0.496 e. The molecular weight excluding hydrogens is 295 g/mol. The molecule has 0 aliphatic rings. The minimum absolute atomic E-state index is 0.319. The number of aryl methyl sites for hydroxylation is 1. The second-order valence-electron chi connectivity index (χ2n) is 5.06. The number of rotatable bonds is 5. The lowest BCUT2D eigenvalue weighted by Gasteiger charge is -2.21. The Bertz CT molecular complexity index is 803.